The Balaban J connectivity index is 1.83. The molecule has 0 aromatic heterocycles. The minimum atomic E-state index is 1.01. The fourth-order valence-corrected chi connectivity index (χ4v) is 1.15. The van der Waals surface area contributed by atoms with E-state index in [4.69, 9.17) is 0 Å². The lowest BCUT2D eigenvalue weighted by Gasteiger charge is -1.98. The summed E-state index contributed by atoms with van der Waals surface area (Å²) in [5.41, 5.74) is 0. The summed E-state index contributed by atoms with van der Waals surface area (Å²) in [6, 6.07) is 0. The van der Waals surface area contributed by atoms with Crippen molar-refractivity contribution >= 4 is 0 Å². The fraction of sp³-hybridized carbons (Fsp3) is 1.00. The van der Waals surface area contributed by atoms with Crippen LogP contribution in [0, 0.1) is 11.8 Å². The molecule has 1 aliphatic rings. The average molecular weight is 127 g/mol. The topological polar surface area (TPSA) is 12.0 Å². The van der Waals surface area contributed by atoms with E-state index in [1.807, 2.05) is 0 Å². The van der Waals surface area contributed by atoms with Crippen molar-refractivity contribution in [1.29, 1.82) is 0 Å². The SMILES string of the molecule is CCCNC[C@H]1C[C@@H]1C. The zero-order valence-corrected chi connectivity index (χ0v) is 6.48. The maximum atomic E-state index is 3.43. The monoisotopic (exact) mass is 127 g/mol. The van der Waals surface area contributed by atoms with Crippen LogP contribution in [0.4, 0.5) is 0 Å². The van der Waals surface area contributed by atoms with Gasteiger partial charge in [-0.25, -0.2) is 0 Å². The summed E-state index contributed by atoms with van der Waals surface area (Å²) in [5.74, 6) is 2.02. The molecule has 1 aliphatic carbocycles. The quantitative estimate of drug-likeness (QED) is 0.566. The number of hydrogen-bond donors (Lipinski definition) is 1. The smallest absolute Gasteiger partial charge is 0.00179 e. The van der Waals surface area contributed by atoms with Gasteiger partial charge in [0.05, 0.1) is 0 Å². The normalized spacial score (nSPS) is 32.7. The predicted molar refractivity (Wildman–Crippen MR) is 40.4 cm³/mol. The molecule has 1 saturated carbocycles. The maximum absolute atomic E-state index is 3.43. The van der Waals surface area contributed by atoms with E-state index in [1.165, 1.54) is 25.9 Å². The molecule has 0 radical (unpaired) electrons. The molecule has 9 heavy (non-hydrogen) atoms. The van der Waals surface area contributed by atoms with Gasteiger partial charge in [-0.3, -0.25) is 0 Å². The summed E-state index contributed by atoms with van der Waals surface area (Å²) >= 11 is 0. The molecule has 0 saturated heterocycles. The third kappa shape index (κ3) is 2.35. The molecule has 1 N–H and O–H groups in total. The van der Waals surface area contributed by atoms with Crippen molar-refractivity contribution in [1.82, 2.24) is 5.32 Å². The van der Waals surface area contributed by atoms with Crippen LogP contribution in [-0.4, -0.2) is 13.1 Å². The molecule has 1 nitrogen and oxygen atoms in total. The Morgan fingerprint density at radius 3 is 2.67 bits per heavy atom. The molecule has 2 atom stereocenters. The van der Waals surface area contributed by atoms with Crippen LogP contribution < -0.4 is 5.32 Å². The summed E-state index contributed by atoms with van der Waals surface area (Å²) in [4.78, 5) is 0. The van der Waals surface area contributed by atoms with Gasteiger partial charge < -0.3 is 5.32 Å². The molecule has 0 aliphatic heterocycles. The first-order chi connectivity index (χ1) is 4.34. The Kier molecular flexibility index (Phi) is 2.52. The predicted octanol–water partition coefficient (Wildman–Crippen LogP) is 1.64. The van der Waals surface area contributed by atoms with Crippen molar-refractivity contribution in [2.24, 2.45) is 11.8 Å². The lowest BCUT2D eigenvalue weighted by Crippen LogP contribution is -2.17. The van der Waals surface area contributed by atoms with Crippen molar-refractivity contribution in [3.63, 3.8) is 0 Å². The Morgan fingerprint density at radius 1 is 1.56 bits per heavy atom. The molecule has 0 aromatic rings. The Hall–Kier alpha value is -0.0400. The molecule has 1 rings (SSSR count). The third-order valence-electron chi connectivity index (χ3n) is 2.11. The Labute approximate surface area is 57.8 Å². The minimum Gasteiger partial charge on any atom is -0.316 e. The number of hydrogen-bond acceptors (Lipinski definition) is 1. The van der Waals surface area contributed by atoms with E-state index in [0.29, 0.717) is 0 Å². The molecule has 0 unspecified atom stereocenters. The van der Waals surface area contributed by atoms with Gasteiger partial charge in [0.15, 0.2) is 0 Å². The highest BCUT2D eigenvalue weighted by Crippen LogP contribution is 2.36. The Bertz CT molecular complexity index is 80.6. The van der Waals surface area contributed by atoms with Gasteiger partial charge in [-0.2, -0.15) is 0 Å². The van der Waals surface area contributed by atoms with E-state index in [0.717, 1.165) is 11.8 Å². The Morgan fingerprint density at radius 2 is 2.22 bits per heavy atom. The van der Waals surface area contributed by atoms with Gasteiger partial charge >= 0.3 is 0 Å². The van der Waals surface area contributed by atoms with Gasteiger partial charge in [0.1, 0.15) is 0 Å². The van der Waals surface area contributed by atoms with E-state index in [2.05, 4.69) is 19.2 Å². The summed E-state index contributed by atoms with van der Waals surface area (Å²) < 4.78 is 0. The summed E-state index contributed by atoms with van der Waals surface area (Å²) in [6.07, 6.45) is 2.72. The molecule has 1 fully saturated rings. The third-order valence-corrected chi connectivity index (χ3v) is 2.11. The van der Waals surface area contributed by atoms with E-state index < -0.39 is 0 Å². The molecule has 0 amide bonds. The first kappa shape index (κ1) is 7.07. The van der Waals surface area contributed by atoms with Crippen molar-refractivity contribution in [2.75, 3.05) is 13.1 Å². The molecule has 0 aromatic carbocycles. The fourth-order valence-electron chi connectivity index (χ4n) is 1.15. The highest BCUT2D eigenvalue weighted by atomic mass is 14.9. The van der Waals surface area contributed by atoms with Crippen molar-refractivity contribution in [2.45, 2.75) is 26.7 Å². The molecule has 1 heteroatoms. The van der Waals surface area contributed by atoms with Crippen molar-refractivity contribution < 1.29 is 0 Å². The molecule has 0 bridgehead atoms. The van der Waals surface area contributed by atoms with Crippen LogP contribution in [0.3, 0.4) is 0 Å². The lowest BCUT2D eigenvalue weighted by atomic mass is 10.3. The first-order valence-corrected chi connectivity index (χ1v) is 4.05. The zero-order valence-electron chi connectivity index (χ0n) is 6.48. The summed E-state index contributed by atoms with van der Waals surface area (Å²) in [5, 5.41) is 3.43. The molecular weight excluding hydrogens is 110 g/mol. The molecule has 54 valence electrons. The lowest BCUT2D eigenvalue weighted by molar-refractivity contribution is 0.606. The van der Waals surface area contributed by atoms with Crippen molar-refractivity contribution in [3.8, 4) is 0 Å². The van der Waals surface area contributed by atoms with Crippen LogP contribution in [0.15, 0.2) is 0 Å². The van der Waals surface area contributed by atoms with E-state index >= 15 is 0 Å². The van der Waals surface area contributed by atoms with Gasteiger partial charge in [-0.15, -0.1) is 0 Å². The van der Waals surface area contributed by atoms with E-state index in [-0.39, 0.29) is 0 Å². The standard InChI is InChI=1S/C8H17N/c1-3-4-9-6-8-5-7(8)2/h7-9H,3-6H2,1-2H3/t7-,8+/m0/s1. The van der Waals surface area contributed by atoms with Crippen molar-refractivity contribution in [3.05, 3.63) is 0 Å². The molecular formula is C8H17N. The van der Waals surface area contributed by atoms with Gasteiger partial charge in [0.25, 0.3) is 0 Å². The number of rotatable bonds is 4. The van der Waals surface area contributed by atoms with E-state index in [1.54, 1.807) is 0 Å². The van der Waals surface area contributed by atoms with Gasteiger partial charge in [0.2, 0.25) is 0 Å². The first-order valence-electron chi connectivity index (χ1n) is 4.05. The second-order valence-corrected chi connectivity index (χ2v) is 3.18. The van der Waals surface area contributed by atoms with Crippen LogP contribution in [0.5, 0.6) is 0 Å². The van der Waals surface area contributed by atoms with Crippen LogP contribution in [-0.2, 0) is 0 Å². The second kappa shape index (κ2) is 3.21. The second-order valence-electron chi connectivity index (χ2n) is 3.18. The van der Waals surface area contributed by atoms with Gasteiger partial charge in [-0.1, -0.05) is 13.8 Å². The van der Waals surface area contributed by atoms with Crippen LogP contribution >= 0.6 is 0 Å². The molecule has 0 spiro atoms. The van der Waals surface area contributed by atoms with Gasteiger partial charge in [-0.05, 0) is 37.8 Å². The van der Waals surface area contributed by atoms with Crippen LogP contribution in [0.2, 0.25) is 0 Å². The minimum absolute atomic E-state index is 1.01. The zero-order chi connectivity index (χ0) is 6.69. The summed E-state index contributed by atoms with van der Waals surface area (Å²) in [7, 11) is 0. The number of nitrogens with one attached hydrogen (secondary N) is 1. The summed E-state index contributed by atoms with van der Waals surface area (Å²) in [6.45, 7) is 7.00. The van der Waals surface area contributed by atoms with Crippen LogP contribution in [0.25, 0.3) is 0 Å². The maximum Gasteiger partial charge on any atom is -0.00179 e. The highest BCUT2D eigenvalue weighted by molar-refractivity contribution is 4.83. The largest absolute Gasteiger partial charge is 0.316 e. The molecule has 0 heterocycles. The van der Waals surface area contributed by atoms with Gasteiger partial charge in [0, 0.05) is 0 Å². The highest BCUT2D eigenvalue weighted by Gasteiger charge is 2.31. The van der Waals surface area contributed by atoms with E-state index in [9.17, 15) is 0 Å². The average Bonchev–Trinajstić information content (AvgIpc) is 2.48. The van der Waals surface area contributed by atoms with Crippen LogP contribution in [0.1, 0.15) is 26.7 Å².